The Hall–Kier alpha value is -1.72. The number of piperidine rings is 1. The molecule has 3 rings (SSSR count). The molecule has 0 aliphatic carbocycles. The summed E-state index contributed by atoms with van der Waals surface area (Å²) in [6.07, 6.45) is 3.35. The summed E-state index contributed by atoms with van der Waals surface area (Å²) in [6.45, 7) is 2.98. The molecule has 1 N–H and O–H groups in total. The van der Waals surface area contributed by atoms with Crippen LogP contribution < -0.4 is 0 Å². The van der Waals surface area contributed by atoms with Crippen LogP contribution in [0.3, 0.4) is 0 Å². The largest absolute Gasteiger partial charge is 0.395 e. The molecule has 0 radical (unpaired) electrons. The first kappa shape index (κ1) is 14.2. The number of benzene rings is 1. The van der Waals surface area contributed by atoms with Crippen LogP contribution >= 0.6 is 0 Å². The van der Waals surface area contributed by atoms with Crippen LogP contribution in [0, 0.1) is 0 Å². The topological polar surface area (TPSA) is 62.4 Å². The summed E-state index contributed by atoms with van der Waals surface area (Å²) in [6, 6.07) is 10.4. The van der Waals surface area contributed by atoms with Crippen molar-refractivity contribution in [3.63, 3.8) is 0 Å². The highest BCUT2D eigenvalue weighted by molar-refractivity contribution is 5.53. The average Bonchev–Trinajstić information content (AvgIpc) is 2.99. The number of hydrogen-bond donors (Lipinski definition) is 1. The van der Waals surface area contributed by atoms with Gasteiger partial charge in [-0.3, -0.25) is 4.90 Å². The zero-order valence-electron chi connectivity index (χ0n) is 12.3. The van der Waals surface area contributed by atoms with Crippen LogP contribution in [0.1, 0.15) is 32.1 Å². The van der Waals surface area contributed by atoms with Gasteiger partial charge < -0.3 is 9.63 Å². The fraction of sp³-hybridized carbons (Fsp3) is 0.500. The maximum absolute atomic E-state index is 9.53. The molecule has 5 heteroatoms. The molecule has 1 saturated heterocycles. The van der Waals surface area contributed by atoms with Crippen LogP contribution in [0.5, 0.6) is 0 Å². The third-order valence-electron chi connectivity index (χ3n) is 4.22. The molecule has 0 amide bonds. The number of rotatable bonds is 4. The summed E-state index contributed by atoms with van der Waals surface area (Å²) >= 11 is 0. The highest BCUT2D eigenvalue weighted by Gasteiger charge is 2.28. The SMILES string of the molecule is CC1CCCC(CO)N1Cc1nc(-c2ccccc2)no1. The molecule has 112 valence electrons. The van der Waals surface area contributed by atoms with Crippen molar-refractivity contribution in [2.45, 2.75) is 44.8 Å². The summed E-state index contributed by atoms with van der Waals surface area (Å²) < 4.78 is 5.38. The van der Waals surface area contributed by atoms with E-state index in [0.29, 0.717) is 24.3 Å². The van der Waals surface area contributed by atoms with Crippen molar-refractivity contribution in [1.29, 1.82) is 0 Å². The van der Waals surface area contributed by atoms with Crippen molar-refractivity contribution in [3.05, 3.63) is 36.2 Å². The van der Waals surface area contributed by atoms with Crippen molar-refractivity contribution in [2.75, 3.05) is 6.61 Å². The normalized spacial score (nSPS) is 23.3. The average molecular weight is 287 g/mol. The van der Waals surface area contributed by atoms with Crippen molar-refractivity contribution < 1.29 is 9.63 Å². The van der Waals surface area contributed by atoms with Gasteiger partial charge in [0, 0.05) is 17.6 Å². The van der Waals surface area contributed by atoms with Gasteiger partial charge in [-0.2, -0.15) is 4.98 Å². The lowest BCUT2D eigenvalue weighted by atomic mass is 9.97. The Labute approximate surface area is 124 Å². The molecule has 1 aromatic carbocycles. The number of likely N-dealkylation sites (tertiary alicyclic amines) is 1. The molecular weight excluding hydrogens is 266 g/mol. The van der Waals surface area contributed by atoms with Gasteiger partial charge in [0.15, 0.2) is 0 Å². The van der Waals surface area contributed by atoms with Gasteiger partial charge in [0.2, 0.25) is 11.7 Å². The molecule has 0 bridgehead atoms. The van der Waals surface area contributed by atoms with E-state index in [0.717, 1.165) is 18.4 Å². The number of nitrogens with zero attached hydrogens (tertiary/aromatic N) is 3. The molecule has 1 fully saturated rings. The van der Waals surface area contributed by atoms with Gasteiger partial charge in [0.05, 0.1) is 13.2 Å². The second kappa shape index (κ2) is 6.37. The monoisotopic (exact) mass is 287 g/mol. The molecule has 2 unspecified atom stereocenters. The van der Waals surface area contributed by atoms with E-state index in [4.69, 9.17) is 4.52 Å². The van der Waals surface area contributed by atoms with Crippen molar-refractivity contribution in [2.24, 2.45) is 0 Å². The fourth-order valence-electron chi connectivity index (χ4n) is 3.00. The Kier molecular flexibility index (Phi) is 4.31. The highest BCUT2D eigenvalue weighted by atomic mass is 16.5. The predicted octanol–water partition coefficient (Wildman–Crippen LogP) is 2.47. The number of hydrogen-bond acceptors (Lipinski definition) is 5. The Bertz CT molecular complexity index is 570. The third kappa shape index (κ3) is 3.14. The molecule has 2 heterocycles. The minimum absolute atomic E-state index is 0.185. The van der Waals surface area contributed by atoms with E-state index >= 15 is 0 Å². The predicted molar refractivity (Wildman–Crippen MR) is 79.5 cm³/mol. The lowest BCUT2D eigenvalue weighted by Gasteiger charge is -2.38. The first-order valence-electron chi connectivity index (χ1n) is 7.52. The zero-order chi connectivity index (χ0) is 14.7. The standard InChI is InChI=1S/C16H21N3O2/c1-12-6-5-9-14(11-20)19(12)10-15-17-16(18-21-15)13-7-3-2-4-8-13/h2-4,7-8,12,14,20H,5-6,9-11H2,1H3. The van der Waals surface area contributed by atoms with Gasteiger partial charge in [0.25, 0.3) is 0 Å². The van der Waals surface area contributed by atoms with Crippen LogP contribution in [0.4, 0.5) is 0 Å². The van der Waals surface area contributed by atoms with Crippen LogP contribution in [-0.2, 0) is 6.54 Å². The summed E-state index contributed by atoms with van der Waals surface area (Å²) in [7, 11) is 0. The molecule has 1 aromatic heterocycles. The maximum atomic E-state index is 9.53. The van der Waals surface area contributed by atoms with E-state index in [9.17, 15) is 5.11 Å². The van der Waals surface area contributed by atoms with E-state index < -0.39 is 0 Å². The number of aliphatic hydroxyl groups is 1. The van der Waals surface area contributed by atoms with E-state index in [-0.39, 0.29) is 12.6 Å². The molecule has 1 aliphatic heterocycles. The molecule has 2 atom stereocenters. The summed E-state index contributed by atoms with van der Waals surface area (Å²) in [4.78, 5) is 6.75. The quantitative estimate of drug-likeness (QED) is 0.936. The minimum Gasteiger partial charge on any atom is -0.395 e. The van der Waals surface area contributed by atoms with Crippen molar-refractivity contribution >= 4 is 0 Å². The van der Waals surface area contributed by atoms with Crippen LogP contribution in [0.2, 0.25) is 0 Å². The Morgan fingerprint density at radius 3 is 2.86 bits per heavy atom. The molecule has 5 nitrogen and oxygen atoms in total. The van der Waals surface area contributed by atoms with Crippen LogP contribution in [0.25, 0.3) is 11.4 Å². The van der Waals surface area contributed by atoms with Crippen molar-refractivity contribution in [3.8, 4) is 11.4 Å². The lowest BCUT2D eigenvalue weighted by molar-refractivity contribution is 0.0370. The van der Waals surface area contributed by atoms with E-state index in [2.05, 4.69) is 22.0 Å². The second-order valence-corrected chi connectivity index (χ2v) is 5.67. The van der Waals surface area contributed by atoms with E-state index in [1.165, 1.54) is 6.42 Å². The second-order valence-electron chi connectivity index (χ2n) is 5.67. The Balaban J connectivity index is 1.74. The van der Waals surface area contributed by atoms with Crippen LogP contribution in [0.15, 0.2) is 34.9 Å². The van der Waals surface area contributed by atoms with E-state index in [1.54, 1.807) is 0 Å². The minimum atomic E-state index is 0.185. The number of aliphatic hydroxyl groups excluding tert-OH is 1. The molecule has 21 heavy (non-hydrogen) atoms. The zero-order valence-corrected chi connectivity index (χ0v) is 12.3. The van der Waals surface area contributed by atoms with Crippen molar-refractivity contribution in [1.82, 2.24) is 15.0 Å². The first-order chi connectivity index (χ1) is 10.3. The van der Waals surface area contributed by atoms with Gasteiger partial charge in [-0.25, -0.2) is 0 Å². The summed E-state index contributed by atoms with van der Waals surface area (Å²) in [5, 5.41) is 13.6. The molecule has 0 spiro atoms. The smallest absolute Gasteiger partial charge is 0.241 e. The van der Waals surface area contributed by atoms with E-state index in [1.807, 2.05) is 30.3 Å². The van der Waals surface area contributed by atoms with Gasteiger partial charge in [-0.15, -0.1) is 0 Å². The summed E-state index contributed by atoms with van der Waals surface area (Å²) in [5.41, 5.74) is 0.956. The third-order valence-corrected chi connectivity index (χ3v) is 4.22. The molecule has 1 aliphatic rings. The highest BCUT2D eigenvalue weighted by Crippen LogP contribution is 2.25. The summed E-state index contributed by atoms with van der Waals surface area (Å²) in [5.74, 6) is 1.23. The Morgan fingerprint density at radius 2 is 2.10 bits per heavy atom. The molecular formula is C16H21N3O2. The molecule has 0 saturated carbocycles. The first-order valence-corrected chi connectivity index (χ1v) is 7.52. The van der Waals surface area contributed by atoms with Crippen LogP contribution in [-0.4, -0.2) is 38.8 Å². The lowest BCUT2D eigenvalue weighted by Crippen LogP contribution is -2.46. The van der Waals surface area contributed by atoms with Gasteiger partial charge in [-0.05, 0) is 19.8 Å². The molecule has 2 aromatic rings. The van der Waals surface area contributed by atoms with Gasteiger partial charge in [0.1, 0.15) is 0 Å². The Morgan fingerprint density at radius 1 is 1.29 bits per heavy atom. The number of aromatic nitrogens is 2. The van der Waals surface area contributed by atoms with Gasteiger partial charge in [-0.1, -0.05) is 41.9 Å². The fourth-order valence-corrected chi connectivity index (χ4v) is 3.00. The maximum Gasteiger partial charge on any atom is 0.241 e. The van der Waals surface area contributed by atoms with Gasteiger partial charge >= 0.3 is 0 Å².